The van der Waals surface area contributed by atoms with E-state index in [1.54, 1.807) is 0 Å². The van der Waals surface area contributed by atoms with Crippen molar-refractivity contribution >= 4 is 33.6 Å². The van der Waals surface area contributed by atoms with E-state index in [0.717, 1.165) is 35.7 Å². The van der Waals surface area contributed by atoms with Crippen LogP contribution in [0.3, 0.4) is 0 Å². The van der Waals surface area contributed by atoms with E-state index >= 15 is 0 Å². The average molecular weight is 347 g/mol. The van der Waals surface area contributed by atoms with Gasteiger partial charge in [-0.2, -0.15) is 0 Å². The van der Waals surface area contributed by atoms with Gasteiger partial charge in [-0.15, -0.1) is 0 Å². The van der Waals surface area contributed by atoms with E-state index in [4.69, 9.17) is 16.3 Å². The highest BCUT2D eigenvalue weighted by molar-refractivity contribution is 9.10. The van der Waals surface area contributed by atoms with Crippen LogP contribution in [0.4, 0.5) is 4.79 Å². The van der Waals surface area contributed by atoms with Gasteiger partial charge in [0.15, 0.2) is 0 Å². The number of carbonyl (C=O) groups excluding carboxylic acids is 1. The van der Waals surface area contributed by atoms with Crippen LogP contribution in [-0.4, -0.2) is 12.7 Å². The van der Waals surface area contributed by atoms with Gasteiger partial charge in [0.1, 0.15) is 0 Å². The molecule has 5 heteroatoms. The van der Waals surface area contributed by atoms with Crippen molar-refractivity contribution in [3.8, 4) is 0 Å². The highest BCUT2D eigenvalue weighted by atomic mass is 79.9. The topological polar surface area (TPSA) is 38.3 Å². The van der Waals surface area contributed by atoms with Crippen molar-refractivity contribution in [3.05, 3.63) is 33.3 Å². The van der Waals surface area contributed by atoms with Crippen LogP contribution < -0.4 is 5.32 Å². The number of alkyl carbamates (subject to hydrolysis) is 1. The van der Waals surface area contributed by atoms with Crippen molar-refractivity contribution in [1.82, 2.24) is 5.32 Å². The lowest BCUT2D eigenvalue weighted by Crippen LogP contribution is -2.35. The van der Waals surface area contributed by atoms with Gasteiger partial charge in [0.25, 0.3) is 0 Å². The number of halogens is 2. The summed E-state index contributed by atoms with van der Waals surface area (Å²) in [4.78, 5) is 11.8. The van der Waals surface area contributed by atoms with Crippen molar-refractivity contribution < 1.29 is 9.53 Å². The summed E-state index contributed by atoms with van der Waals surface area (Å²) in [5, 5.41) is 3.65. The molecule has 1 aliphatic rings. The fourth-order valence-corrected chi connectivity index (χ4v) is 3.07. The third kappa shape index (κ3) is 3.63. The fourth-order valence-electron chi connectivity index (χ4n) is 2.00. The minimum atomic E-state index is -0.340. The molecule has 0 aliphatic heterocycles. The fraction of sp³-hybridized carbons (Fsp3) is 0.500. The van der Waals surface area contributed by atoms with Crippen LogP contribution in [0.15, 0.2) is 22.7 Å². The highest BCUT2D eigenvalue weighted by Crippen LogP contribution is 2.48. The van der Waals surface area contributed by atoms with E-state index in [9.17, 15) is 4.79 Å². The molecular formula is C14H17BrClNO2. The molecule has 2 rings (SSSR count). The molecule has 1 N–H and O–H groups in total. The Balaban J connectivity index is 2.01. The van der Waals surface area contributed by atoms with Crippen LogP contribution >= 0.6 is 27.5 Å². The van der Waals surface area contributed by atoms with Gasteiger partial charge in [0.2, 0.25) is 0 Å². The molecule has 1 aliphatic carbocycles. The number of unbranched alkanes of at least 4 members (excludes halogenated alkanes) is 1. The van der Waals surface area contributed by atoms with Gasteiger partial charge in [-0.1, -0.05) is 46.9 Å². The molecule has 1 saturated carbocycles. The highest BCUT2D eigenvalue weighted by Gasteiger charge is 2.47. The van der Waals surface area contributed by atoms with Crippen molar-refractivity contribution in [2.75, 3.05) is 6.61 Å². The molecule has 1 aromatic rings. The molecular weight excluding hydrogens is 330 g/mol. The summed E-state index contributed by atoms with van der Waals surface area (Å²) in [6, 6.07) is 5.64. The Kier molecular flexibility index (Phi) is 4.74. The first-order valence-corrected chi connectivity index (χ1v) is 7.65. The molecule has 3 nitrogen and oxygen atoms in total. The van der Waals surface area contributed by atoms with Gasteiger partial charge < -0.3 is 10.1 Å². The zero-order valence-electron chi connectivity index (χ0n) is 10.8. The maximum absolute atomic E-state index is 11.8. The van der Waals surface area contributed by atoms with Crippen LogP contribution in [0.2, 0.25) is 5.02 Å². The van der Waals surface area contributed by atoms with Crippen LogP contribution in [-0.2, 0) is 10.3 Å². The maximum atomic E-state index is 11.8. The van der Waals surface area contributed by atoms with Crippen LogP contribution in [0.25, 0.3) is 0 Å². The van der Waals surface area contributed by atoms with Gasteiger partial charge in [0, 0.05) is 9.50 Å². The normalized spacial score (nSPS) is 15.9. The summed E-state index contributed by atoms with van der Waals surface area (Å²) >= 11 is 9.44. The van der Waals surface area contributed by atoms with E-state index in [0.29, 0.717) is 11.6 Å². The van der Waals surface area contributed by atoms with E-state index in [-0.39, 0.29) is 11.6 Å². The predicted molar refractivity (Wildman–Crippen MR) is 79.5 cm³/mol. The Morgan fingerprint density at radius 3 is 2.84 bits per heavy atom. The molecule has 0 aromatic heterocycles. The number of rotatable bonds is 5. The van der Waals surface area contributed by atoms with E-state index in [2.05, 4.69) is 28.2 Å². The molecule has 1 amide bonds. The third-order valence-electron chi connectivity index (χ3n) is 3.27. The van der Waals surface area contributed by atoms with E-state index in [1.165, 1.54) is 0 Å². The summed E-state index contributed by atoms with van der Waals surface area (Å²) < 4.78 is 6.07. The molecule has 0 heterocycles. The molecule has 0 bridgehead atoms. The predicted octanol–water partition coefficient (Wildman–Crippen LogP) is 4.62. The lowest BCUT2D eigenvalue weighted by atomic mass is 10.1. The molecule has 19 heavy (non-hydrogen) atoms. The molecule has 104 valence electrons. The van der Waals surface area contributed by atoms with Crippen molar-refractivity contribution in [2.45, 2.75) is 38.1 Å². The average Bonchev–Trinajstić information content (AvgIpc) is 3.09. The third-order valence-corrected chi connectivity index (χ3v) is 4.16. The Hall–Kier alpha value is -0.740. The van der Waals surface area contributed by atoms with Crippen LogP contribution in [0, 0.1) is 0 Å². The number of hydrogen-bond donors (Lipinski definition) is 1. The number of amides is 1. The molecule has 0 saturated heterocycles. The van der Waals surface area contributed by atoms with Crippen LogP contribution in [0.5, 0.6) is 0 Å². The molecule has 0 atom stereocenters. The Bertz CT molecular complexity index is 475. The quantitative estimate of drug-likeness (QED) is 0.790. The van der Waals surface area contributed by atoms with Crippen molar-refractivity contribution in [2.24, 2.45) is 0 Å². The van der Waals surface area contributed by atoms with Gasteiger partial charge >= 0.3 is 6.09 Å². The second-order valence-electron chi connectivity index (χ2n) is 4.82. The molecule has 1 fully saturated rings. The summed E-state index contributed by atoms with van der Waals surface area (Å²) in [5.74, 6) is 0. The molecule has 0 radical (unpaired) electrons. The number of ether oxygens (including phenoxy) is 1. The number of nitrogens with one attached hydrogen (secondary N) is 1. The second-order valence-corrected chi connectivity index (χ2v) is 6.11. The minimum Gasteiger partial charge on any atom is -0.450 e. The number of benzene rings is 1. The monoisotopic (exact) mass is 345 g/mol. The number of carbonyl (C=O) groups is 1. The summed E-state index contributed by atoms with van der Waals surface area (Å²) in [6.45, 7) is 2.54. The van der Waals surface area contributed by atoms with Gasteiger partial charge in [-0.3, -0.25) is 0 Å². The first kappa shape index (κ1) is 14.7. The van der Waals surface area contributed by atoms with Crippen molar-refractivity contribution in [3.63, 3.8) is 0 Å². The lowest BCUT2D eigenvalue weighted by molar-refractivity contribution is 0.139. The summed E-state index contributed by atoms with van der Waals surface area (Å²) in [5.41, 5.74) is 0.775. The SMILES string of the molecule is CCCCOC(=O)NC1(c2ccc(Cl)cc2Br)CC1. The van der Waals surface area contributed by atoms with Crippen LogP contribution in [0.1, 0.15) is 38.2 Å². The van der Waals surface area contributed by atoms with Gasteiger partial charge in [0.05, 0.1) is 12.1 Å². The largest absolute Gasteiger partial charge is 0.450 e. The zero-order chi connectivity index (χ0) is 13.9. The van der Waals surface area contributed by atoms with Crippen molar-refractivity contribution in [1.29, 1.82) is 0 Å². The summed E-state index contributed by atoms with van der Waals surface area (Å²) in [6.07, 6.45) is 3.42. The first-order chi connectivity index (χ1) is 9.07. The number of hydrogen-bond acceptors (Lipinski definition) is 2. The molecule has 0 spiro atoms. The second kappa shape index (κ2) is 6.14. The molecule has 1 aromatic carbocycles. The van der Waals surface area contributed by atoms with E-state index < -0.39 is 0 Å². The van der Waals surface area contributed by atoms with Gasteiger partial charge in [-0.25, -0.2) is 4.79 Å². The maximum Gasteiger partial charge on any atom is 0.407 e. The summed E-state index contributed by atoms with van der Waals surface area (Å²) in [7, 11) is 0. The Morgan fingerprint density at radius 2 is 2.26 bits per heavy atom. The zero-order valence-corrected chi connectivity index (χ0v) is 13.2. The van der Waals surface area contributed by atoms with Gasteiger partial charge in [-0.05, 0) is 37.0 Å². The first-order valence-electron chi connectivity index (χ1n) is 6.48. The standard InChI is InChI=1S/C14H17BrClNO2/c1-2-3-8-19-13(18)17-14(6-7-14)11-5-4-10(16)9-12(11)15/h4-5,9H,2-3,6-8H2,1H3,(H,17,18). The molecule has 0 unspecified atom stereocenters. The smallest absolute Gasteiger partial charge is 0.407 e. The minimum absolute atomic E-state index is 0.285. The Labute approximate surface area is 126 Å². The lowest BCUT2D eigenvalue weighted by Gasteiger charge is -2.19. The Morgan fingerprint density at radius 1 is 1.53 bits per heavy atom. The van der Waals surface area contributed by atoms with E-state index in [1.807, 2.05) is 18.2 Å².